The number of carbonyl (C=O) groups excluding carboxylic acids is 2. The van der Waals surface area contributed by atoms with Crippen LogP contribution in [0.15, 0.2) is 28.7 Å². The number of esters is 1. The van der Waals surface area contributed by atoms with E-state index < -0.39 is 0 Å². The third-order valence-corrected chi connectivity index (χ3v) is 5.11. The van der Waals surface area contributed by atoms with Crippen LogP contribution in [0.5, 0.6) is 0 Å². The Morgan fingerprint density at radius 2 is 2.00 bits per heavy atom. The maximum atomic E-state index is 12.2. The van der Waals surface area contributed by atoms with E-state index in [1.54, 1.807) is 0 Å². The lowest BCUT2D eigenvalue weighted by Gasteiger charge is -2.27. The third-order valence-electron chi connectivity index (χ3n) is 4.39. The van der Waals surface area contributed by atoms with Gasteiger partial charge in [0.1, 0.15) is 0 Å². The lowest BCUT2D eigenvalue weighted by Crippen LogP contribution is -3.14. The van der Waals surface area contributed by atoms with Gasteiger partial charge in [0.15, 0.2) is 6.54 Å². The lowest BCUT2D eigenvalue weighted by molar-refractivity contribution is -0.897. The molecule has 0 bridgehead atoms. The zero-order valence-electron chi connectivity index (χ0n) is 13.6. The van der Waals surface area contributed by atoms with Crippen LogP contribution < -0.4 is 10.2 Å². The van der Waals surface area contributed by atoms with E-state index in [1.165, 1.54) is 12.0 Å². The van der Waals surface area contributed by atoms with E-state index in [0.717, 1.165) is 36.0 Å². The van der Waals surface area contributed by atoms with E-state index in [2.05, 4.69) is 21.2 Å². The highest BCUT2D eigenvalue weighted by atomic mass is 79.9. The Bertz CT molecular complexity index is 557. The first-order valence-electron chi connectivity index (χ1n) is 7.96. The van der Waals surface area contributed by atoms with Crippen LogP contribution in [0.4, 0.5) is 0 Å². The summed E-state index contributed by atoms with van der Waals surface area (Å²) in [5, 5.41) is 3.05. The van der Waals surface area contributed by atoms with Crippen molar-refractivity contribution in [2.75, 3.05) is 26.7 Å². The van der Waals surface area contributed by atoms with E-state index in [9.17, 15) is 9.59 Å². The van der Waals surface area contributed by atoms with Crippen molar-refractivity contribution in [3.8, 4) is 0 Å². The van der Waals surface area contributed by atoms with Crippen molar-refractivity contribution < 1.29 is 19.2 Å². The molecule has 23 heavy (non-hydrogen) atoms. The molecule has 1 aromatic rings. The Morgan fingerprint density at radius 3 is 2.61 bits per heavy atom. The van der Waals surface area contributed by atoms with Gasteiger partial charge < -0.3 is 15.0 Å². The summed E-state index contributed by atoms with van der Waals surface area (Å²) >= 11 is 3.51. The average Bonchev–Trinajstić information content (AvgIpc) is 2.55. The number of hydrogen-bond donors (Lipinski definition) is 2. The summed E-state index contributed by atoms with van der Waals surface area (Å²) in [5.74, 6) is -0.0955. The van der Waals surface area contributed by atoms with Crippen molar-refractivity contribution in [2.45, 2.75) is 25.8 Å². The minimum absolute atomic E-state index is 0.00833. The first kappa shape index (κ1) is 17.9. The van der Waals surface area contributed by atoms with Crippen LogP contribution in [0.25, 0.3) is 0 Å². The van der Waals surface area contributed by atoms with E-state index in [4.69, 9.17) is 4.74 Å². The molecular formula is C17H24BrN2O3+. The van der Waals surface area contributed by atoms with Crippen LogP contribution >= 0.6 is 15.9 Å². The number of likely N-dealkylation sites (tertiary alicyclic amines) is 1. The van der Waals surface area contributed by atoms with Gasteiger partial charge in [0.2, 0.25) is 0 Å². The van der Waals surface area contributed by atoms with Gasteiger partial charge in [-0.25, -0.2) is 0 Å². The third kappa shape index (κ3) is 5.04. The number of ether oxygens (including phenoxy) is 1. The number of amides is 1. The molecule has 1 saturated heterocycles. The van der Waals surface area contributed by atoms with Crippen molar-refractivity contribution >= 4 is 27.8 Å². The summed E-state index contributed by atoms with van der Waals surface area (Å²) in [7, 11) is 1.43. The molecular weight excluding hydrogens is 360 g/mol. The van der Waals surface area contributed by atoms with Crippen LogP contribution in [-0.4, -0.2) is 38.6 Å². The number of carbonyl (C=O) groups is 2. The van der Waals surface area contributed by atoms with Gasteiger partial charge in [0.05, 0.1) is 32.2 Å². The number of benzene rings is 1. The van der Waals surface area contributed by atoms with Gasteiger partial charge in [-0.2, -0.15) is 0 Å². The molecule has 2 N–H and O–H groups in total. The van der Waals surface area contributed by atoms with Crippen LogP contribution in [0, 0.1) is 5.92 Å². The number of quaternary nitrogens is 1. The smallest absolute Gasteiger partial charge is 0.309 e. The quantitative estimate of drug-likeness (QED) is 0.748. The normalized spacial score (nSPS) is 22.2. The van der Waals surface area contributed by atoms with E-state index in [-0.39, 0.29) is 23.8 Å². The molecule has 1 aromatic carbocycles. The van der Waals surface area contributed by atoms with Gasteiger partial charge >= 0.3 is 5.97 Å². The maximum absolute atomic E-state index is 12.2. The number of methoxy groups -OCH3 is 1. The maximum Gasteiger partial charge on any atom is 0.309 e. The predicted molar refractivity (Wildman–Crippen MR) is 91.0 cm³/mol. The molecule has 2 rings (SSSR count). The molecule has 1 amide bonds. The molecule has 0 aromatic heterocycles. The van der Waals surface area contributed by atoms with E-state index in [0.29, 0.717) is 6.54 Å². The average molecular weight is 384 g/mol. The fourth-order valence-corrected chi connectivity index (χ4v) is 3.66. The number of piperidine rings is 1. The highest BCUT2D eigenvalue weighted by Gasteiger charge is 2.29. The Labute approximate surface area is 145 Å². The fourth-order valence-electron chi connectivity index (χ4n) is 3.03. The second-order valence-electron chi connectivity index (χ2n) is 6.03. The monoisotopic (exact) mass is 383 g/mol. The van der Waals surface area contributed by atoms with Crippen LogP contribution in [0.3, 0.4) is 0 Å². The van der Waals surface area contributed by atoms with Crippen LogP contribution in [0.2, 0.25) is 0 Å². The van der Waals surface area contributed by atoms with Crippen molar-refractivity contribution in [1.29, 1.82) is 0 Å². The molecule has 126 valence electrons. The number of rotatable bonds is 5. The molecule has 5 nitrogen and oxygen atoms in total. The van der Waals surface area contributed by atoms with Gasteiger partial charge in [-0.05, 0) is 18.6 Å². The fraction of sp³-hybridized carbons (Fsp3) is 0.529. The highest BCUT2D eigenvalue weighted by Crippen LogP contribution is 2.22. The lowest BCUT2D eigenvalue weighted by atomic mass is 9.97. The topological polar surface area (TPSA) is 59.8 Å². The molecule has 0 radical (unpaired) electrons. The minimum atomic E-state index is -0.129. The standard InChI is InChI=1S/C17H23BrN2O3/c1-12(14-5-3-4-6-15(14)18)19-16(21)11-20-9-7-13(8-10-20)17(22)23-2/h3-6,12-13H,7-11H2,1-2H3,(H,19,21)/p+1/t12-/m0/s1. The van der Waals surface area contributed by atoms with E-state index in [1.807, 2.05) is 31.2 Å². The van der Waals surface area contributed by atoms with Gasteiger partial charge in [0, 0.05) is 17.3 Å². The van der Waals surface area contributed by atoms with Crippen molar-refractivity contribution in [1.82, 2.24) is 5.32 Å². The number of hydrogen-bond acceptors (Lipinski definition) is 3. The van der Waals surface area contributed by atoms with Crippen molar-refractivity contribution in [2.24, 2.45) is 5.92 Å². The first-order chi connectivity index (χ1) is 11.0. The van der Waals surface area contributed by atoms with Gasteiger partial charge in [-0.3, -0.25) is 9.59 Å². The number of nitrogens with one attached hydrogen (secondary N) is 2. The highest BCUT2D eigenvalue weighted by molar-refractivity contribution is 9.10. The molecule has 0 spiro atoms. The summed E-state index contributed by atoms with van der Waals surface area (Å²) in [4.78, 5) is 25.0. The summed E-state index contributed by atoms with van der Waals surface area (Å²) in [5.41, 5.74) is 1.07. The molecule has 0 aliphatic carbocycles. The Hall–Kier alpha value is -1.40. The molecule has 6 heteroatoms. The number of halogens is 1. The Kier molecular flexibility index (Phi) is 6.59. The molecule has 0 unspecified atom stereocenters. The van der Waals surface area contributed by atoms with Crippen LogP contribution in [0.1, 0.15) is 31.4 Å². The summed E-state index contributed by atoms with van der Waals surface area (Å²) < 4.78 is 5.79. The Balaban J connectivity index is 1.80. The Morgan fingerprint density at radius 1 is 1.35 bits per heavy atom. The van der Waals surface area contributed by atoms with Gasteiger partial charge in [-0.1, -0.05) is 34.1 Å². The molecule has 1 atom stereocenters. The molecule has 1 heterocycles. The van der Waals surface area contributed by atoms with Crippen molar-refractivity contribution in [3.05, 3.63) is 34.3 Å². The first-order valence-corrected chi connectivity index (χ1v) is 8.75. The van der Waals surface area contributed by atoms with E-state index >= 15 is 0 Å². The molecule has 1 fully saturated rings. The zero-order chi connectivity index (χ0) is 16.8. The molecule has 1 aliphatic rings. The molecule has 0 saturated carbocycles. The van der Waals surface area contributed by atoms with Crippen molar-refractivity contribution in [3.63, 3.8) is 0 Å². The summed E-state index contributed by atoms with van der Waals surface area (Å²) in [6.07, 6.45) is 1.57. The SMILES string of the molecule is COC(=O)C1CC[NH+](CC(=O)N[C@@H](C)c2ccccc2Br)CC1. The second kappa shape index (κ2) is 8.45. The van der Waals surface area contributed by atoms with Gasteiger partial charge in [0.25, 0.3) is 5.91 Å². The van der Waals surface area contributed by atoms with Gasteiger partial charge in [-0.15, -0.1) is 0 Å². The second-order valence-corrected chi connectivity index (χ2v) is 6.89. The zero-order valence-corrected chi connectivity index (χ0v) is 15.2. The molecule has 1 aliphatic heterocycles. The summed E-state index contributed by atoms with van der Waals surface area (Å²) in [6, 6.07) is 7.86. The summed E-state index contributed by atoms with van der Waals surface area (Å²) in [6.45, 7) is 4.09. The minimum Gasteiger partial charge on any atom is -0.469 e. The largest absolute Gasteiger partial charge is 0.469 e. The van der Waals surface area contributed by atoms with Crippen LogP contribution in [-0.2, 0) is 14.3 Å². The predicted octanol–water partition coefficient (Wildman–Crippen LogP) is 1.09.